The number of sulfonamides is 1. The number of carbonyl (C=O) groups is 1. The molecule has 0 saturated heterocycles. The van der Waals surface area contributed by atoms with Gasteiger partial charge in [0.1, 0.15) is 0 Å². The lowest BCUT2D eigenvalue weighted by Crippen LogP contribution is -2.14. The Morgan fingerprint density at radius 2 is 1.90 bits per heavy atom. The zero-order valence-electron chi connectivity index (χ0n) is 11.0. The zero-order valence-corrected chi connectivity index (χ0v) is 13.4. The lowest BCUT2D eigenvalue weighted by atomic mass is 10.2. The van der Waals surface area contributed by atoms with Crippen LogP contribution in [0.15, 0.2) is 51.8 Å². The summed E-state index contributed by atoms with van der Waals surface area (Å²) in [6, 6.07) is 10.6. The van der Waals surface area contributed by atoms with E-state index in [9.17, 15) is 13.2 Å². The van der Waals surface area contributed by atoms with Crippen LogP contribution in [0.1, 0.15) is 15.9 Å². The van der Waals surface area contributed by atoms with E-state index >= 15 is 0 Å². The van der Waals surface area contributed by atoms with E-state index in [0.717, 1.165) is 0 Å². The van der Waals surface area contributed by atoms with E-state index in [1.54, 1.807) is 19.1 Å². The first kappa shape index (κ1) is 15.5. The van der Waals surface area contributed by atoms with Crippen LogP contribution in [0.3, 0.4) is 0 Å². The smallest absolute Gasteiger partial charge is 0.335 e. The fourth-order valence-corrected chi connectivity index (χ4v) is 3.62. The van der Waals surface area contributed by atoms with Crippen molar-refractivity contribution in [3.63, 3.8) is 0 Å². The molecule has 0 aliphatic rings. The predicted octanol–water partition coefficient (Wildman–Crippen LogP) is 3.26. The SMILES string of the molecule is Cc1ccc(Br)cc1S(=O)(=O)Nc1cccc(C(=O)O)c1. The quantitative estimate of drug-likeness (QED) is 0.866. The van der Waals surface area contributed by atoms with Crippen LogP contribution in [0, 0.1) is 6.92 Å². The monoisotopic (exact) mass is 369 g/mol. The van der Waals surface area contributed by atoms with Gasteiger partial charge in [0.15, 0.2) is 0 Å². The summed E-state index contributed by atoms with van der Waals surface area (Å²) in [4.78, 5) is 11.0. The van der Waals surface area contributed by atoms with Gasteiger partial charge in [-0.25, -0.2) is 13.2 Å². The van der Waals surface area contributed by atoms with Crippen molar-refractivity contribution < 1.29 is 18.3 Å². The Kier molecular flexibility index (Phi) is 4.34. The summed E-state index contributed by atoms with van der Waals surface area (Å²) in [6.45, 7) is 1.69. The van der Waals surface area contributed by atoms with Crippen molar-refractivity contribution in [3.05, 3.63) is 58.1 Å². The van der Waals surface area contributed by atoms with E-state index in [2.05, 4.69) is 20.7 Å². The maximum absolute atomic E-state index is 12.4. The number of aromatic carboxylic acids is 1. The first-order valence-electron chi connectivity index (χ1n) is 5.92. The number of hydrogen-bond acceptors (Lipinski definition) is 3. The molecular weight excluding hydrogens is 358 g/mol. The van der Waals surface area contributed by atoms with Gasteiger partial charge >= 0.3 is 5.97 Å². The molecule has 0 saturated carbocycles. The van der Waals surface area contributed by atoms with Gasteiger partial charge in [0.05, 0.1) is 10.5 Å². The molecule has 0 atom stereocenters. The number of anilines is 1. The summed E-state index contributed by atoms with van der Waals surface area (Å²) in [5.74, 6) is -1.12. The molecule has 0 unspecified atom stereocenters. The highest BCUT2D eigenvalue weighted by Gasteiger charge is 2.18. The average Bonchev–Trinajstić information content (AvgIpc) is 2.41. The first-order valence-corrected chi connectivity index (χ1v) is 8.19. The van der Waals surface area contributed by atoms with Crippen molar-refractivity contribution in [1.82, 2.24) is 0 Å². The molecule has 2 aromatic rings. The largest absolute Gasteiger partial charge is 0.478 e. The fraction of sp³-hybridized carbons (Fsp3) is 0.0714. The normalized spacial score (nSPS) is 11.1. The van der Waals surface area contributed by atoms with Gasteiger partial charge in [0, 0.05) is 10.2 Å². The van der Waals surface area contributed by atoms with E-state index in [-0.39, 0.29) is 16.1 Å². The molecule has 0 heterocycles. The molecule has 21 heavy (non-hydrogen) atoms. The van der Waals surface area contributed by atoms with Crippen LogP contribution < -0.4 is 4.72 Å². The summed E-state index contributed by atoms with van der Waals surface area (Å²) in [6.07, 6.45) is 0. The third-order valence-corrected chi connectivity index (χ3v) is 4.82. The number of benzene rings is 2. The minimum atomic E-state index is -3.78. The summed E-state index contributed by atoms with van der Waals surface area (Å²) in [5.41, 5.74) is 0.815. The molecule has 0 aliphatic carbocycles. The van der Waals surface area contributed by atoms with Crippen LogP contribution in [0.5, 0.6) is 0 Å². The van der Waals surface area contributed by atoms with Crippen LogP contribution in [0.4, 0.5) is 5.69 Å². The van der Waals surface area contributed by atoms with Crippen molar-refractivity contribution in [2.75, 3.05) is 4.72 Å². The zero-order chi connectivity index (χ0) is 15.6. The third kappa shape index (κ3) is 3.62. The molecule has 0 amide bonds. The van der Waals surface area contributed by atoms with Crippen molar-refractivity contribution >= 4 is 37.6 Å². The minimum absolute atomic E-state index is 0.0150. The molecule has 0 fully saturated rings. The molecule has 2 aromatic carbocycles. The molecule has 5 nitrogen and oxygen atoms in total. The Morgan fingerprint density at radius 1 is 1.19 bits per heavy atom. The number of nitrogens with one attached hydrogen (secondary N) is 1. The number of rotatable bonds is 4. The van der Waals surface area contributed by atoms with E-state index in [1.807, 2.05) is 0 Å². The number of halogens is 1. The summed E-state index contributed by atoms with van der Waals surface area (Å²) >= 11 is 3.23. The Bertz CT molecular complexity index is 802. The van der Waals surface area contributed by atoms with Crippen LogP contribution >= 0.6 is 15.9 Å². The van der Waals surface area contributed by atoms with E-state index < -0.39 is 16.0 Å². The van der Waals surface area contributed by atoms with Gasteiger partial charge in [-0.15, -0.1) is 0 Å². The Balaban J connectivity index is 2.40. The van der Waals surface area contributed by atoms with Crippen LogP contribution in [-0.4, -0.2) is 19.5 Å². The topological polar surface area (TPSA) is 83.5 Å². The molecule has 0 spiro atoms. The number of carboxylic acids is 1. The summed E-state index contributed by atoms with van der Waals surface area (Å²) in [7, 11) is -3.78. The molecule has 0 radical (unpaired) electrons. The van der Waals surface area contributed by atoms with Crippen LogP contribution in [0.2, 0.25) is 0 Å². The van der Waals surface area contributed by atoms with Crippen LogP contribution in [-0.2, 0) is 10.0 Å². The van der Waals surface area contributed by atoms with Gasteiger partial charge in [-0.3, -0.25) is 4.72 Å². The van der Waals surface area contributed by atoms with Crippen molar-refractivity contribution in [1.29, 1.82) is 0 Å². The second-order valence-corrected chi connectivity index (χ2v) is 6.97. The van der Waals surface area contributed by atoms with Crippen molar-refractivity contribution in [2.45, 2.75) is 11.8 Å². The first-order chi connectivity index (χ1) is 9.79. The second kappa shape index (κ2) is 5.87. The van der Waals surface area contributed by atoms with Gasteiger partial charge < -0.3 is 5.11 Å². The molecule has 0 aromatic heterocycles. The molecule has 2 N–H and O–H groups in total. The minimum Gasteiger partial charge on any atom is -0.478 e. The highest BCUT2D eigenvalue weighted by molar-refractivity contribution is 9.10. The summed E-state index contributed by atoms with van der Waals surface area (Å²) < 4.78 is 27.8. The molecule has 0 aliphatic heterocycles. The van der Waals surface area contributed by atoms with E-state index in [0.29, 0.717) is 10.0 Å². The molecular formula is C14H12BrNO4S. The standard InChI is InChI=1S/C14H12BrNO4S/c1-9-5-6-11(15)8-13(9)21(19,20)16-12-4-2-3-10(7-12)14(17)18/h2-8,16H,1H3,(H,17,18). The number of hydrogen-bond donors (Lipinski definition) is 2. The van der Waals surface area contributed by atoms with Gasteiger partial charge in [-0.05, 0) is 42.8 Å². The number of carboxylic acid groups (broad SMARTS) is 1. The Labute approximate surface area is 130 Å². The van der Waals surface area contributed by atoms with Gasteiger partial charge in [0.2, 0.25) is 0 Å². The predicted molar refractivity (Wildman–Crippen MR) is 83.1 cm³/mol. The Hall–Kier alpha value is -1.86. The molecule has 7 heteroatoms. The molecule has 2 rings (SSSR count). The highest BCUT2D eigenvalue weighted by Crippen LogP contribution is 2.23. The lowest BCUT2D eigenvalue weighted by molar-refractivity contribution is 0.0697. The highest BCUT2D eigenvalue weighted by atomic mass is 79.9. The maximum Gasteiger partial charge on any atom is 0.335 e. The lowest BCUT2D eigenvalue weighted by Gasteiger charge is -2.11. The summed E-state index contributed by atoms with van der Waals surface area (Å²) in [5, 5.41) is 8.92. The van der Waals surface area contributed by atoms with Crippen molar-refractivity contribution in [3.8, 4) is 0 Å². The van der Waals surface area contributed by atoms with Gasteiger partial charge in [-0.1, -0.05) is 28.1 Å². The third-order valence-electron chi connectivity index (χ3n) is 2.80. The fourth-order valence-electron chi connectivity index (χ4n) is 1.79. The average molecular weight is 370 g/mol. The van der Waals surface area contributed by atoms with E-state index in [1.165, 1.54) is 30.3 Å². The maximum atomic E-state index is 12.4. The second-order valence-electron chi connectivity index (χ2n) is 4.40. The Morgan fingerprint density at radius 3 is 2.57 bits per heavy atom. The molecule has 0 bridgehead atoms. The molecule has 110 valence electrons. The van der Waals surface area contributed by atoms with Crippen LogP contribution in [0.25, 0.3) is 0 Å². The van der Waals surface area contributed by atoms with E-state index in [4.69, 9.17) is 5.11 Å². The van der Waals surface area contributed by atoms with Crippen molar-refractivity contribution in [2.24, 2.45) is 0 Å². The number of aryl methyl sites for hydroxylation is 1. The van der Waals surface area contributed by atoms with Gasteiger partial charge in [-0.2, -0.15) is 0 Å². The van der Waals surface area contributed by atoms with Gasteiger partial charge in [0.25, 0.3) is 10.0 Å².